The van der Waals surface area contributed by atoms with Crippen LogP contribution in [0.4, 0.5) is 5.69 Å². The molecule has 6 rings (SSSR count). The van der Waals surface area contributed by atoms with E-state index >= 15 is 0 Å². The van der Waals surface area contributed by atoms with E-state index in [1.54, 1.807) is 13.0 Å². The predicted octanol–water partition coefficient (Wildman–Crippen LogP) is 8.02. The number of allylic oxidation sites excluding steroid dienone is 2. The number of aryl methyl sites for hydroxylation is 1. The van der Waals surface area contributed by atoms with Crippen LogP contribution in [0.1, 0.15) is 94.6 Å². The number of rotatable bonds is 3. The normalized spacial score (nSPS) is 33.6. The lowest BCUT2D eigenvalue weighted by molar-refractivity contribution is -0.113. The van der Waals surface area contributed by atoms with Gasteiger partial charge in [0.1, 0.15) is 5.75 Å². The van der Waals surface area contributed by atoms with Gasteiger partial charge in [0, 0.05) is 36.2 Å². The van der Waals surface area contributed by atoms with Crippen LogP contribution in [0.25, 0.3) is 0 Å². The van der Waals surface area contributed by atoms with Crippen LogP contribution in [-0.4, -0.2) is 52.0 Å². The fourth-order valence-corrected chi connectivity index (χ4v) is 10.2. The number of methoxy groups -OCH3 is 1. The molecule has 2 bridgehead atoms. The summed E-state index contributed by atoms with van der Waals surface area (Å²) in [5.74, 6) is 0.0885. The maximum atomic E-state index is 13.6. The summed E-state index contributed by atoms with van der Waals surface area (Å²) < 4.78 is 42.6. The second-order valence-corrected chi connectivity index (χ2v) is 17.9. The van der Waals surface area contributed by atoms with Crippen LogP contribution in [-0.2, 0) is 26.6 Å². The zero-order valence-corrected chi connectivity index (χ0v) is 30.8. The highest BCUT2D eigenvalue weighted by Gasteiger charge is 2.55. The minimum Gasteiger partial charge on any atom is -0.490 e. The third kappa shape index (κ3) is 6.45. The van der Waals surface area contributed by atoms with Gasteiger partial charge in [0.15, 0.2) is 0 Å². The Bertz CT molecular complexity index is 1740. The van der Waals surface area contributed by atoms with Gasteiger partial charge in [-0.2, -0.15) is 0 Å². The number of amides is 1. The summed E-state index contributed by atoms with van der Waals surface area (Å²) in [4.78, 5) is 16.0. The summed E-state index contributed by atoms with van der Waals surface area (Å²) >= 11 is 6.48. The minimum atomic E-state index is -3.94. The third-order valence-corrected chi connectivity index (χ3v) is 14.1. The van der Waals surface area contributed by atoms with E-state index in [2.05, 4.69) is 60.8 Å². The van der Waals surface area contributed by atoms with Crippen LogP contribution in [0.5, 0.6) is 5.75 Å². The highest BCUT2D eigenvalue weighted by molar-refractivity contribution is 7.90. The molecule has 2 heterocycles. The Morgan fingerprint density at radius 2 is 1.94 bits per heavy atom. The average molecular weight is 695 g/mol. The zero-order chi connectivity index (χ0) is 34.5. The summed E-state index contributed by atoms with van der Waals surface area (Å²) in [6.45, 7) is 12.2. The van der Waals surface area contributed by atoms with Crippen molar-refractivity contribution in [3.05, 3.63) is 81.9 Å². The summed E-state index contributed by atoms with van der Waals surface area (Å²) in [6, 6.07) is 11.6. The summed E-state index contributed by atoms with van der Waals surface area (Å²) in [7, 11) is -2.13. The van der Waals surface area contributed by atoms with Crippen LogP contribution in [0, 0.1) is 17.3 Å². The van der Waals surface area contributed by atoms with Crippen molar-refractivity contribution in [3.8, 4) is 5.75 Å². The molecule has 2 aliphatic carbocycles. The lowest BCUT2D eigenvalue weighted by Gasteiger charge is -2.57. The number of sulfonamides is 1. The van der Waals surface area contributed by atoms with E-state index in [-0.39, 0.29) is 22.7 Å². The Labute approximate surface area is 292 Å². The van der Waals surface area contributed by atoms with Gasteiger partial charge in [-0.3, -0.25) is 4.79 Å². The first-order chi connectivity index (χ1) is 22.7. The van der Waals surface area contributed by atoms with Gasteiger partial charge in [-0.25, -0.2) is 13.1 Å². The van der Waals surface area contributed by atoms with E-state index in [1.165, 1.54) is 16.7 Å². The SMILES string of the molecule is CO[C@@]1(CC=C(C)C)/C=C/C[C@H](C)[C@@H](C)S(=O)(=O)NC(=O)c2ccc3c(c2)N(CC2(C)CC[C@H]21)C[C@@]1(CCCc2cc(Cl)ccc21)CO3. The Hall–Kier alpha value is -2.81. The van der Waals surface area contributed by atoms with Crippen molar-refractivity contribution in [1.82, 2.24) is 4.72 Å². The van der Waals surface area contributed by atoms with Crippen molar-refractivity contribution in [1.29, 1.82) is 0 Å². The van der Waals surface area contributed by atoms with Gasteiger partial charge in [0.2, 0.25) is 10.0 Å². The van der Waals surface area contributed by atoms with Gasteiger partial charge >= 0.3 is 0 Å². The first-order valence-corrected chi connectivity index (χ1v) is 19.4. The van der Waals surface area contributed by atoms with E-state index in [9.17, 15) is 13.2 Å². The second-order valence-electron chi connectivity index (χ2n) is 15.4. The van der Waals surface area contributed by atoms with Crippen molar-refractivity contribution in [3.63, 3.8) is 0 Å². The molecule has 0 aromatic heterocycles. The second kappa shape index (κ2) is 13.1. The first-order valence-electron chi connectivity index (χ1n) is 17.4. The number of hydrogen-bond donors (Lipinski definition) is 1. The number of anilines is 1. The monoisotopic (exact) mass is 694 g/mol. The van der Waals surface area contributed by atoms with Gasteiger partial charge in [0.25, 0.3) is 5.91 Å². The molecule has 1 spiro atoms. The van der Waals surface area contributed by atoms with Crippen LogP contribution < -0.4 is 14.4 Å². The maximum Gasteiger partial charge on any atom is 0.264 e. The molecule has 1 N–H and O–H groups in total. The van der Waals surface area contributed by atoms with Crippen molar-refractivity contribution >= 4 is 33.2 Å². The smallest absolute Gasteiger partial charge is 0.264 e. The summed E-state index contributed by atoms with van der Waals surface area (Å²) in [5, 5.41) is -0.0313. The Morgan fingerprint density at radius 1 is 1.15 bits per heavy atom. The van der Waals surface area contributed by atoms with Crippen molar-refractivity contribution in [2.45, 2.75) is 95.8 Å². The van der Waals surface area contributed by atoms with Gasteiger partial charge in [-0.1, -0.05) is 55.3 Å². The molecule has 2 aromatic carbocycles. The highest BCUT2D eigenvalue weighted by atomic mass is 35.5. The fraction of sp³-hybridized carbons (Fsp3) is 0.564. The van der Waals surface area contributed by atoms with Crippen LogP contribution in [0.3, 0.4) is 0 Å². The summed E-state index contributed by atoms with van der Waals surface area (Å²) in [6.07, 6.45) is 12.9. The number of nitrogens with zero attached hydrogens (tertiary/aromatic N) is 1. The van der Waals surface area contributed by atoms with Crippen molar-refractivity contribution in [2.24, 2.45) is 17.3 Å². The molecular formula is C39H51ClN2O5S. The number of halogens is 1. The number of nitrogens with one attached hydrogen (secondary N) is 1. The lowest BCUT2D eigenvalue weighted by Crippen LogP contribution is -2.58. The number of carbonyl (C=O) groups is 1. The molecular weight excluding hydrogens is 644 g/mol. The quantitative estimate of drug-likeness (QED) is 0.328. The molecule has 48 heavy (non-hydrogen) atoms. The fourth-order valence-electron chi connectivity index (χ4n) is 8.72. The average Bonchev–Trinajstić information content (AvgIpc) is 3.18. The Kier molecular flexibility index (Phi) is 9.59. The molecule has 1 unspecified atom stereocenters. The van der Waals surface area contributed by atoms with E-state index in [0.717, 1.165) is 55.8 Å². The molecule has 0 saturated heterocycles. The Balaban J connectivity index is 1.50. The van der Waals surface area contributed by atoms with E-state index in [1.807, 2.05) is 32.2 Å². The molecule has 1 fully saturated rings. The van der Waals surface area contributed by atoms with E-state index in [0.29, 0.717) is 30.9 Å². The number of fused-ring (bicyclic) bond motifs is 4. The van der Waals surface area contributed by atoms with Crippen molar-refractivity contribution < 1.29 is 22.7 Å². The molecule has 0 radical (unpaired) electrons. The number of benzene rings is 2. The van der Waals surface area contributed by atoms with Gasteiger partial charge in [-0.15, -0.1) is 0 Å². The van der Waals surface area contributed by atoms with Gasteiger partial charge < -0.3 is 14.4 Å². The van der Waals surface area contributed by atoms with E-state index < -0.39 is 26.8 Å². The number of ether oxygens (including phenoxy) is 2. The maximum absolute atomic E-state index is 13.6. The Morgan fingerprint density at radius 3 is 2.65 bits per heavy atom. The topological polar surface area (TPSA) is 84.9 Å². The molecule has 4 aliphatic rings. The minimum absolute atomic E-state index is 0.103. The largest absolute Gasteiger partial charge is 0.490 e. The molecule has 6 atom stereocenters. The molecule has 7 nitrogen and oxygen atoms in total. The molecule has 2 aliphatic heterocycles. The standard InChI is InChI=1S/C39H51ClN2O5S/c1-26(2)15-20-39(46-6)18-7-9-27(3)28(4)48(44,45)41-36(43)30-11-14-34-33(22-30)42(23-37(5)19-16-35(37)39)24-38(25-47-34)17-8-10-29-21-31(40)12-13-32(29)38/h7,11-15,18,21-22,27-28,35H,8-10,16-17,19-20,23-25H2,1-6H3,(H,41,43)/b18-7+/t27-,28+,35+,37?,38-,39+/m0/s1. The molecule has 9 heteroatoms. The predicted molar refractivity (Wildman–Crippen MR) is 194 cm³/mol. The highest BCUT2D eigenvalue weighted by Crippen LogP contribution is 2.56. The molecule has 1 amide bonds. The van der Waals surface area contributed by atoms with E-state index in [4.69, 9.17) is 21.1 Å². The number of hydrogen-bond acceptors (Lipinski definition) is 6. The third-order valence-electron chi connectivity index (χ3n) is 11.9. The van der Waals surface area contributed by atoms with Gasteiger partial charge in [0.05, 0.1) is 23.1 Å². The number of carbonyl (C=O) groups excluding carboxylic acids is 1. The molecule has 2 aromatic rings. The zero-order valence-electron chi connectivity index (χ0n) is 29.3. The molecule has 260 valence electrons. The van der Waals surface area contributed by atoms with Crippen molar-refractivity contribution in [2.75, 3.05) is 31.7 Å². The van der Waals surface area contributed by atoms with Crippen LogP contribution in [0.2, 0.25) is 5.02 Å². The lowest BCUT2D eigenvalue weighted by atomic mass is 9.54. The van der Waals surface area contributed by atoms with Crippen LogP contribution in [0.15, 0.2) is 60.2 Å². The first kappa shape index (κ1) is 35.0. The summed E-state index contributed by atoms with van der Waals surface area (Å²) in [5.41, 5.74) is 3.98. The van der Waals surface area contributed by atoms with Crippen LogP contribution >= 0.6 is 11.6 Å². The molecule has 1 saturated carbocycles. The van der Waals surface area contributed by atoms with Gasteiger partial charge in [-0.05, 0) is 124 Å².